The van der Waals surface area contributed by atoms with E-state index >= 15 is 0 Å². The predicted molar refractivity (Wildman–Crippen MR) is 53.1 cm³/mol. The molecule has 0 aliphatic heterocycles. The van der Waals surface area contributed by atoms with Gasteiger partial charge in [-0.25, -0.2) is 0 Å². The Kier molecular flexibility index (Phi) is 4.14. The maximum absolute atomic E-state index is 10.8. The van der Waals surface area contributed by atoms with Gasteiger partial charge in [0.2, 0.25) is 0 Å². The van der Waals surface area contributed by atoms with Crippen LogP contribution in [0.1, 0.15) is 12.6 Å². The van der Waals surface area contributed by atoms with Crippen molar-refractivity contribution < 1.29 is 4.74 Å². The first kappa shape index (κ1) is 10.4. The van der Waals surface area contributed by atoms with E-state index < -0.39 is 0 Å². The maximum atomic E-state index is 10.8. The molecule has 1 unspecified atom stereocenters. The van der Waals surface area contributed by atoms with Crippen molar-refractivity contribution in [3.63, 3.8) is 0 Å². The fraction of sp³-hybridized carbons (Fsp3) is 0.625. The molecule has 0 spiro atoms. The van der Waals surface area contributed by atoms with Gasteiger partial charge in [-0.2, -0.15) is 0 Å². The summed E-state index contributed by atoms with van der Waals surface area (Å²) in [7, 11) is 1.68. The summed E-state index contributed by atoms with van der Waals surface area (Å²) >= 11 is 1.19. The minimum atomic E-state index is -0.00316. The molecule has 0 aromatic carbocycles. The second-order valence-corrected chi connectivity index (χ2v) is 3.69. The summed E-state index contributed by atoms with van der Waals surface area (Å²) in [5.74, 6) is 0. The third-order valence-electron chi connectivity index (χ3n) is 1.72. The van der Waals surface area contributed by atoms with Crippen molar-refractivity contribution in [1.82, 2.24) is 10.3 Å². The largest absolute Gasteiger partial charge is 0.380 e. The Balaban J connectivity index is 2.24. The standard InChI is InChI=1S/C8H14N2O2S/c1-6(12-2)3-9-4-7-5-13-8(11)10-7/h5-6,9H,3-4H2,1-2H3,(H,10,11). The highest BCUT2D eigenvalue weighted by Crippen LogP contribution is 1.94. The number of hydrogen-bond donors (Lipinski definition) is 2. The molecule has 5 heteroatoms. The summed E-state index contributed by atoms with van der Waals surface area (Å²) in [4.78, 5) is 13.5. The zero-order chi connectivity index (χ0) is 9.68. The van der Waals surface area contributed by atoms with Gasteiger partial charge in [-0.3, -0.25) is 4.79 Å². The summed E-state index contributed by atoms with van der Waals surface area (Å²) in [6, 6.07) is 0. The summed E-state index contributed by atoms with van der Waals surface area (Å²) < 4.78 is 5.06. The number of thiazole rings is 1. The van der Waals surface area contributed by atoms with Gasteiger partial charge in [0.1, 0.15) is 0 Å². The molecule has 0 bridgehead atoms. The zero-order valence-electron chi connectivity index (χ0n) is 7.79. The van der Waals surface area contributed by atoms with Crippen LogP contribution in [0.2, 0.25) is 0 Å². The van der Waals surface area contributed by atoms with Crippen molar-refractivity contribution in [1.29, 1.82) is 0 Å². The summed E-state index contributed by atoms with van der Waals surface area (Å²) in [5, 5.41) is 5.00. The lowest BCUT2D eigenvalue weighted by Crippen LogP contribution is -2.25. The van der Waals surface area contributed by atoms with Gasteiger partial charge >= 0.3 is 4.87 Å². The van der Waals surface area contributed by atoms with E-state index in [1.54, 1.807) is 7.11 Å². The van der Waals surface area contributed by atoms with Crippen molar-refractivity contribution in [2.45, 2.75) is 19.6 Å². The Morgan fingerprint density at radius 2 is 2.54 bits per heavy atom. The van der Waals surface area contributed by atoms with Crippen LogP contribution in [0.25, 0.3) is 0 Å². The first-order valence-electron chi connectivity index (χ1n) is 4.12. The van der Waals surface area contributed by atoms with Crippen LogP contribution in [-0.2, 0) is 11.3 Å². The van der Waals surface area contributed by atoms with Crippen molar-refractivity contribution in [3.05, 3.63) is 20.7 Å². The molecule has 1 atom stereocenters. The van der Waals surface area contributed by atoms with E-state index in [1.807, 2.05) is 12.3 Å². The molecule has 1 aromatic rings. The molecule has 0 aliphatic carbocycles. The number of rotatable bonds is 5. The Labute approximate surface area is 80.9 Å². The Morgan fingerprint density at radius 1 is 1.77 bits per heavy atom. The highest BCUT2D eigenvalue weighted by molar-refractivity contribution is 7.07. The quantitative estimate of drug-likeness (QED) is 0.733. The minimum Gasteiger partial charge on any atom is -0.380 e. The van der Waals surface area contributed by atoms with Crippen LogP contribution in [0.15, 0.2) is 10.2 Å². The molecule has 1 rings (SSSR count). The van der Waals surface area contributed by atoms with Crippen LogP contribution in [0.5, 0.6) is 0 Å². The molecule has 0 amide bonds. The lowest BCUT2D eigenvalue weighted by Gasteiger charge is -2.09. The van der Waals surface area contributed by atoms with Gasteiger partial charge in [0.05, 0.1) is 6.10 Å². The summed E-state index contributed by atoms with van der Waals surface area (Å²) in [6.07, 6.45) is 0.199. The van der Waals surface area contributed by atoms with Crippen LogP contribution < -0.4 is 10.2 Å². The molecule has 1 heterocycles. The first-order valence-corrected chi connectivity index (χ1v) is 5.00. The molecule has 0 fully saturated rings. The predicted octanol–water partition coefficient (Wildman–Crippen LogP) is 0.561. The number of aromatic amines is 1. The van der Waals surface area contributed by atoms with Crippen molar-refractivity contribution in [2.75, 3.05) is 13.7 Å². The number of hydrogen-bond acceptors (Lipinski definition) is 4. The Bertz CT molecular complexity index is 294. The summed E-state index contributed by atoms with van der Waals surface area (Å²) in [5.41, 5.74) is 0.929. The number of ether oxygens (including phenoxy) is 1. The van der Waals surface area contributed by atoms with E-state index in [4.69, 9.17) is 4.74 Å². The number of H-pyrrole nitrogens is 1. The van der Waals surface area contributed by atoms with E-state index in [2.05, 4.69) is 10.3 Å². The average molecular weight is 202 g/mol. The van der Waals surface area contributed by atoms with E-state index in [9.17, 15) is 4.79 Å². The molecule has 0 saturated heterocycles. The van der Waals surface area contributed by atoms with Gasteiger partial charge in [-0.05, 0) is 6.92 Å². The van der Waals surface area contributed by atoms with Crippen molar-refractivity contribution >= 4 is 11.3 Å². The highest BCUT2D eigenvalue weighted by Gasteiger charge is 1.99. The number of aromatic nitrogens is 1. The van der Waals surface area contributed by atoms with Crippen molar-refractivity contribution in [3.8, 4) is 0 Å². The third-order valence-corrected chi connectivity index (χ3v) is 2.44. The minimum absolute atomic E-state index is 0.00316. The second kappa shape index (κ2) is 5.16. The fourth-order valence-electron chi connectivity index (χ4n) is 0.894. The van der Waals surface area contributed by atoms with Gasteiger partial charge in [0, 0.05) is 31.3 Å². The van der Waals surface area contributed by atoms with E-state index in [0.717, 1.165) is 12.2 Å². The second-order valence-electron chi connectivity index (χ2n) is 2.85. The number of methoxy groups -OCH3 is 1. The van der Waals surface area contributed by atoms with E-state index in [1.165, 1.54) is 11.3 Å². The molecular weight excluding hydrogens is 188 g/mol. The molecule has 2 N–H and O–H groups in total. The first-order chi connectivity index (χ1) is 6.22. The van der Waals surface area contributed by atoms with Gasteiger partial charge in [0.15, 0.2) is 0 Å². The molecule has 13 heavy (non-hydrogen) atoms. The van der Waals surface area contributed by atoms with Crippen LogP contribution in [0, 0.1) is 0 Å². The van der Waals surface area contributed by atoms with Gasteiger partial charge < -0.3 is 15.0 Å². The molecule has 4 nitrogen and oxygen atoms in total. The summed E-state index contributed by atoms with van der Waals surface area (Å²) in [6.45, 7) is 3.46. The molecule has 1 aromatic heterocycles. The Morgan fingerprint density at radius 3 is 3.08 bits per heavy atom. The van der Waals surface area contributed by atoms with Crippen LogP contribution in [0.4, 0.5) is 0 Å². The molecular formula is C8H14N2O2S. The molecule has 74 valence electrons. The average Bonchev–Trinajstić information content (AvgIpc) is 2.51. The smallest absolute Gasteiger partial charge is 0.304 e. The van der Waals surface area contributed by atoms with Crippen molar-refractivity contribution in [2.24, 2.45) is 0 Å². The zero-order valence-corrected chi connectivity index (χ0v) is 8.61. The lowest BCUT2D eigenvalue weighted by molar-refractivity contribution is 0.117. The lowest BCUT2D eigenvalue weighted by atomic mass is 10.4. The SMILES string of the molecule is COC(C)CNCc1csc(=O)[nH]1. The Hall–Kier alpha value is -0.650. The number of nitrogens with one attached hydrogen (secondary N) is 2. The highest BCUT2D eigenvalue weighted by atomic mass is 32.1. The van der Waals surface area contributed by atoms with Gasteiger partial charge in [-0.1, -0.05) is 11.3 Å². The fourth-order valence-corrected chi connectivity index (χ4v) is 1.48. The third kappa shape index (κ3) is 3.71. The maximum Gasteiger partial charge on any atom is 0.304 e. The van der Waals surface area contributed by atoms with Crippen LogP contribution in [0.3, 0.4) is 0 Å². The van der Waals surface area contributed by atoms with Crippen LogP contribution in [-0.4, -0.2) is 24.7 Å². The van der Waals surface area contributed by atoms with E-state index in [0.29, 0.717) is 6.54 Å². The van der Waals surface area contributed by atoms with E-state index in [-0.39, 0.29) is 11.0 Å². The van der Waals surface area contributed by atoms with Crippen LogP contribution >= 0.6 is 11.3 Å². The molecule has 0 radical (unpaired) electrons. The van der Waals surface area contributed by atoms with Gasteiger partial charge in [-0.15, -0.1) is 0 Å². The molecule has 0 saturated carbocycles. The topological polar surface area (TPSA) is 54.1 Å². The monoisotopic (exact) mass is 202 g/mol. The van der Waals surface area contributed by atoms with Gasteiger partial charge in [0.25, 0.3) is 0 Å². The normalized spacial score (nSPS) is 13.1. The molecule has 0 aliphatic rings.